The zero-order valence-electron chi connectivity index (χ0n) is 9.84. The molecule has 0 unspecified atom stereocenters. The maximum Gasteiger partial charge on any atom is 0.314 e. The molecule has 2 aromatic rings. The minimum absolute atomic E-state index is 0.0203. The highest BCUT2D eigenvalue weighted by Gasteiger charge is 2.51. The zero-order chi connectivity index (χ0) is 12.8. The summed E-state index contributed by atoms with van der Waals surface area (Å²) in [5.74, 6) is -0.791. The van der Waals surface area contributed by atoms with Crippen molar-refractivity contribution < 1.29 is 9.90 Å². The molecule has 1 aromatic heterocycles. The highest BCUT2D eigenvalue weighted by Crippen LogP contribution is 2.45. The second-order valence-corrected chi connectivity index (χ2v) is 4.93. The molecule has 0 bridgehead atoms. The molecule has 0 saturated heterocycles. The van der Waals surface area contributed by atoms with Gasteiger partial charge in [0.2, 0.25) is 0 Å². The number of nitrogens with zero attached hydrogens (tertiary/aromatic N) is 1. The standard InChI is InChI=1S/C14H14N2O2/c15-9-7-14(8-9,13(17)18)11-5-6-16-12-4-2-1-3-10(11)12/h1-6,9H,7-8,15H2,(H,17,18). The number of fused-ring (bicyclic) bond motifs is 1. The van der Waals surface area contributed by atoms with Gasteiger partial charge in [-0.2, -0.15) is 0 Å². The van der Waals surface area contributed by atoms with Crippen molar-refractivity contribution in [2.45, 2.75) is 24.3 Å². The normalized spacial score (nSPS) is 26.8. The van der Waals surface area contributed by atoms with E-state index in [2.05, 4.69) is 4.98 Å². The Morgan fingerprint density at radius 1 is 1.33 bits per heavy atom. The number of nitrogens with two attached hydrogens (primary N) is 1. The molecule has 92 valence electrons. The molecule has 4 nitrogen and oxygen atoms in total. The number of para-hydroxylation sites is 1. The molecule has 3 N–H and O–H groups in total. The second kappa shape index (κ2) is 3.78. The van der Waals surface area contributed by atoms with Crippen molar-refractivity contribution in [1.82, 2.24) is 4.98 Å². The van der Waals surface area contributed by atoms with Crippen LogP contribution in [0, 0.1) is 0 Å². The number of hydrogen-bond donors (Lipinski definition) is 2. The van der Waals surface area contributed by atoms with Crippen molar-refractivity contribution in [3.8, 4) is 0 Å². The number of benzene rings is 1. The smallest absolute Gasteiger partial charge is 0.314 e. The van der Waals surface area contributed by atoms with Crippen LogP contribution in [0.15, 0.2) is 36.5 Å². The molecule has 0 amide bonds. The van der Waals surface area contributed by atoms with Gasteiger partial charge in [-0.25, -0.2) is 0 Å². The molecule has 0 spiro atoms. The van der Waals surface area contributed by atoms with E-state index in [1.54, 1.807) is 6.20 Å². The van der Waals surface area contributed by atoms with E-state index in [1.807, 2.05) is 30.3 Å². The minimum atomic E-state index is -0.831. The van der Waals surface area contributed by atoms with Crippen molar-refractivity contribution in [2.75, 3.05) is 0 Å². The van der Waals surface area contributed by atoms with Crippen LogP contribution in [0.1, 0.15) is 18.4 Å². The van der Waals surface area contributed by atoms with Gasteiger partial charge in [0, 0.05) is 17.6 Å². The van der Waals surface area contributed by atoms with E-state index in [1.165, 1.54) is 0 Å². The Balaban J connectivity index is 2.22. The van der Waals surface area contributed by atoms with Crippen molar-refractivity contribution in [1.29, 1.82) is 0 Å². The van der Waals surface area contributed by atoms with Gasteiger partial charge in [0.25, 0.3) is 0 Å². The minimum Gasteiger partial charge on any atom is -0.481 e. The van der Waals surface area contributed by atoms with Crippen molar-refractivity contribution >= 4 is 16.9 Å². The molecule has 1 saturated carbocycles. The molecular weight excluding hydrogens is 228 g/mol. The molecule has 1 fully saturated rings. The largest absolute Gasteiger partial charge is 0.481 e. The Kier molecular flexibility index (Phi) is 2.35. The summed E-state index contributed by atoms with van der Waals surface area (Å²) in [6.45, 7) is 0. The first-order chi connectivity index (χ1) is 8.63. The predicted octanol–water partition coefficient (Wildman–Crippen LogP) is 1.68. The lowest BCUT2D eigenvalue weighted by molar-refractivity contribution is -0.148. The van der Waals surface area contributed by atoms with E-state index in [0.717, 1.165) is 16.5 Å². The van der Waals surface area contributed by atoms with Crippen LogP contribution >= 0.6 is 0 Å². The molecule has 0 aliphatic heterocycles. The van der Waals surface area contributed by atoms with Gasteiger partial charge < -0.3 is 10.8 Å². The van der Waals surface area contributed by atoms with Gasteiger partial charge in [0.1, 0.15) is 0 Å². The molecule has 1 aromatic carbocycles. The lowest BCUT2D eigenvalue weighted by Crippen LogP contribution is -2.54. The number of rotatable bonds is 2. The summed E-state index contributed by atoms with van der Waals surface area (Å²) in [4.78, 5) is 15.9. The second-order valence-electron chi connectivity index (χ2n) is 4.93. The first kappa shape index (κ1) is 11.2. The molecule has 0 radical (unpaired) electrons. The first-order valence-electron chi connectivity index (χ1n) is 5.97. The van der Waals surface area contributed by atoms with Gasteiger partial charge in [0.05, 0.1) is 10.9 Å². The van der Waals surface area contributed by atoms with Crippen LogP contribution in [-0.2, 0) is 10.2 Å². The molecular formula is C14H14N2O2. The molecule has 18 heavy (non-hydrogen) atoms. The summed E-state index contributed by atoms with van der Waals surface area (Å²) >= 11 is 0. The number of hydrogen-bond acceptors (Lipinski definition) is 3. The molecule has 1 heterocycles. The molecule has 0 atom stereocenters. The molecule has 3 rings (SSSR count). The van der Waals surface area contributed by atoms with Crippen molar-refractivity contribution in [3.63, 3.8) is 0 Å². The van der Waals surface area contributed by atoms with E-state index in [9.17, 15) is 9.90 Å². The van der Waals surface area contributed by atoms with Crippen LogP contribution in [-0.4, -0.2) is 22.1 Å². The zero-order valence-corrected chi connectivity index (χ0v) is 9.84. The van der Waals surface area contributed by atoms with E-state index >= 15 is 0 Å². The summed E-state index contributed by atoms with van der Waals surface area (Å²) in [6.07, 6.45) is 2.67. The monoisotopic (exact) mass is 242 g/mol. The Bertz CT molecular complexity index is 613. The van der Waals surface area contributed by atoms with Gasteiger partial charge in [-0.1, -0.05) is 18.2 Å². The third kappa shape index (κ3) is 1.42. The number of carboxylic acids is 1. The lowest BCUT2D eigenvalue weighted by Gasteiger charge is -2.43. The Labute approximate surface area is 104 Å². The van der Waals surface area contributed by atoms with Gasteiger partial charge in [-0.15, -0.1) is 0 Å². The Morgan fingerprint density at radius 2 is 2.06 bits per heavy atom. The molecule has 4 heteroatoms. The average Bonchev–Trinajstić information content (AvgIpc) is 2.34. The fourth-order valence-electron chi connectivity index (χ4n) is 2.86. The van der Waals surface area contributed by atoms with Crippen LogP contribution in [0.25, 0.3) is 10.9 Å². The number of aliphatic carboxylic acids is 1. The molecule has 1 aliphatic rings. The summed E-state index contributed by atoms with van der Waals surface area (Å²) in [7, 11) is 0. The van der Waals surface area contributed by atoms with Crippen LogP contribution < -0.4 is 5.73 Å². The summed E-state index contributed by atoms with van der Waals surface area (Å²) in [6, 6.07) is 9.41. The highest BCUT2D eigenvalue weighted by molar-refractivity contribution is 5.92. The number of aromatic nitrogens is 1. The topological polar surface area (TPSA) is 76.2 Å². The maximum absolute atomic E-state index is 11.6. The van der Waals surface area contributed by atoms with Crippen LogP contribution in [0.5, 0.6) is 0 Å². The lowest BCUT2D eigenvalue weighted by atomic mass is 9.61. The fourth-order valence-corrected chi connectivity index (χ4v) is 2.86. The van der Waals surface area contributed by atoms with Crippen molar-refractivity contribution in [2.24, 2.45) is 5.73 Å². The predicted molar refractivity (Wildman–Crippen MR) is 68.3 cm³/mol. The van der Waals surface area contributed by atoms with Gasteiger partial charge in [0.15, 0.2) is 0 Å². The Hall–Kier alpha value is -1.94. The van der Waals surface area contributed by atoms with E-state index in [0.29, 0.717) is 12.8 Å². The highest BCUT2D eigenvalue weighted by atomic mass is 16.4. The van der Waals surface area contributed by atoms with E-state index in [-0.39, 0.29) is 6.04 Å². The summed E-state index contributed by atoms with van der Waals surface area (Å²) in [5, 5.41) is 10.4. The van der Waals surface area contributed by atoms with Crippen LogP contribution in [0.3, 0.4) is 0 Å². The SMILES string of the molecule is NC1CC(C(=O)O)(c2ccnc3ccccc23)C1. The van der Waals surface area contributed by atoms with E-state index in [4.69, 9.17) is 5.73 Å². The van der Waals surface area contributed by atoms with E-state index < -0.39 is 11.4 Å². The third-order valence-corrected chi connectivity index (χ3v) is 3.80. The maximum atomic E-state index is 11.6. The van der Waals surface area contributed by atoms with Crippen LogP contribution in [0.2, 0.25) is 0 Å². The number of pyridine rings is 1. The van der Waals surface area contributed by atoms with Gasteiger partial charge in [-0.3, -0.25) is 9.78 Å². The van der Waals surface area contributed by atoms with Crippen LogP contribution in [0.4, 0.5) is 0 Å². The third-order valence-electron chi connectivity index (χ3n) is 3.80. The summed E-state index contributed by atoms with van der Waals surface area (Å²) < 4.78 is 0. The van der Waals surface area contributed by atoms with Crippen molar-refractivity contribution in [3.05, 3.63) is 42.1 Å². The first-order valence-corrected chi connectivity index (χ1v) is 5.97. The Morgan fingerprint density at radius 3 is 2.72 bits per heavy atom. The number of carbonyl (C=O) groups is 1. The van der Waals surface area contributed by atoms with Gasteiger partial charge in [-0.05, 0) is 30.5 Å². The summed E-state index contributed by atoms with van der Waals surface area (Å²) in [5.41, 5.74) is 6.63. The molecule has 1 aliphatic carbocycles. The average molecular weight is 242 g/mol. The van der Waals surface area contributed by atoms with Gasteiger partial charge >= 0.3 is 5.97 Å². The quantitative estimate of drug-likeness (QED) is 0.840. The fraction of sp³-hybridized carbons (Fsp3) is 0.286. The number of carboxylic acid groups (broad SMARTS) is 1.